The Labute approximate surface area is 236 Å². The number of halogens is 1. The zero-order valence-corrected chi connectivity index (χ0v) is 23.3. The van der Waals surface area contributed by atoms with Crippen molar-refractivity contribution >= 4 is 34.2 Å². The smallest absolute Gasteiger partial charge is 0.306 e. The van der Waals surface area contributed by atoms with Crippen LogP contribution in [0.5, 0.6) is 5.75 Å². The zero-order chi connectivity index (χ0) is 28.1. The summed E-state index contributed by atoms with van der Waals surface area (Å²) in [6.45, 7) is 3.22. The molecule has 40 heavy (non-hydrogen) atoms. The second kappa shape index (κ2) is 12.7. The van der Waals surface area contributed by atoms with Crippen molar-refractivity contribution in [3.8, 4) is 17.0 Å². The van der Waals surface area contributed by atoms with E-state index in [1.165, 1.54) is 31.1 Å². The highest BCUT2D eigenvalue weighted by Crippen LogP contribution is 2.35. The van der Waals surface area contributed by atoms with Gasteiger partial charge in [0.1, 0.15) is 23.9 Å². The van der Waals surface area contributed by atoms with Crippen molar-refractivity contribution in [2.45, 2.75) is 45.3 Å². The Balaban J connectivity index is 1.33. The van der Waals surface area contributed by atoms with E-state index >= 15 is 0 Å². The molecule has 2 saturated heterocycles. The first-order valence-corrected chi connectivity index (χ1v) is 14.3. The second-order valence-corrected chi connectivity index (χ2v) is 11.2. The number of ether oxygens (including phenoxy) is 1. The maximum Gasteiger partial charge on any atom is 0.306 e. The number of alkyl halides is 1. The molecule has 0 radical (unpaired) electrons. The molecule has 5 rings (SSSR count). The maximum absolute atomic E-state index is 13.7. The van der Waals surface area contributed by atoms with Gasteiger partial charge in [-0.25, -0.2) is 19.3 Å². The van der Waals surface area contributed by atoms with Crippen LogP contribution in [0.3, 0.4) is 0 Å². The van der Waals surface area contributed by atoms with Gasteiger partial charge >= 0.3 is 5.97 Å². The van der Waals surface area contributed by atoms with E-state index in [2.05, 4.69) is 20.2 Å². The van der Waals surface area contributed by atoms with E-state index in [1.807, 2.05) is 11.0 Å². The minimum absolute atomic E-state index is 0.155. The predicted octanol–water partition coefficient (Wildman–Crippen LogP) is 4.62. The minimum atomic E-state index is -0.767. The molecule has 3 aromatic rings. The molecular weight excluding hydrogens is 535 g/mol. The lowest BCUT2D eigenvalue weighted by molar-refractivity contribution is -0.142. The van der Waals surface area contributed by atoms with Crippen LogP contribution in [0, 0.1) is 5.92 Å². The molecular formula is C28H33FN6O4S. The number of anilines is 2. The summed E-state index contributed by atoms with van der Waals surface area (Å²) >= 11 is 1.41. The van der Waals surface area contributed by atoms with Gasteiger partial charge in [0.05, 0.1) is 31.1 Å². The van der Waals surface area contributed by atoms with Crippen molar-refractivity contribution in [2.75, 3.05) is 43.5 Å². The number of aromatic nitrogens is 3. The number of carboxylic acid groups (broad SMARTS) is 1. The third kappa shape index (κ3) is 6.39. The molecule has 0 atom stereocenters. The highest BCUT2D eigenvalue weighted by Gasteiger charge is 2.26. The number of benzene rings is 1. The summed E-state index contributed by atoms with van der Waals surface area (Å²) in [5, 5.41) is 12.5. The fourth-order valence-corrected chi connectivity index (χ4v) is 6.23. The summed E-state index contributed by atoms with van der Waals surface area (Å²) in [4.78, 5) is 43.1. The summed E-state index contributed by atoms with van der Waals surface area (Å²) in [6.07, 6.45) is 7.59. The normalized spacial score (nSPS) is 16.6. The number of amides is 1. The Bertz CT molecular complexity index is 1340. The molecule has 2 aliphatic heterocycles. The second-order valence-electron chi connectivity index (χ2n) is 10.1. The van der Waals surface area contributed by atoms with Gasteiger partial charge in [-0.05, 0) is 57.0 Å². The first kappa shape index (κ1) is 27.9. The lowest BCUT2D eigenvalue weighted by Crippen LogP contribution is -2.36. The predicted molar refractivity (Wildman–Crippen MR) is 151 cm³/mol. The van der Waals surface area contributed by atoms with E-state index in [4.69, 9.17) is 9.72 Å². The molecule has 0 aliphatic carbocycles. The Morgan fingerprint density at radius 2 is 1.90 bits per heavy atom. The highest BCUT2D eigenvalue weighted by molar-refractivity contribution is 7.16. The molecule has 2 fully saturated rings. The zero-order valence-electron chi connectivity index (χ0n) is 22.4. The Morgan fingerprint density at radius 3 is 2.55 bits per heavy atom. The van der Waals surface area contributed by atoms with Gasteiger partial charge in [-0.1, -0.05) is 17.8 Å². The van der Waals surface area contributed by atoms with Crippen LogP contribution in [0.25, 0.3) is 11.3 Å². The van der Waals surface area contributed by atoms with Gasteiger partial charge in [-0.2, -0.15) is 0 Å². The molecule has 0 unspecified atom stereocenters. The lowest BCUT2D eigenvalue weighted by atomic mass is 9.97. The number of methoxy groups -OCH3 is 1. The Hall–Kier alpha value is -3.64. The van der Waals surface area contributed by atoms with E-state index in [0.29, 0.717) is 54.7 Å². The van der Waals surface area contributed by atoms with Crippen LogP contribution in [-0.4, -0.2) is 70.1 Å². The number of hydrogen-bond acceptors (Lipinski definition) is 9. The summed E-state index contributed by atoms with van der Waals surface area (Å²) in [5.74, 6) is -0.423. The molecule has 2 N–H and O–H groups in total. The average molecular weight is 569 g/mol. The van der Waals surface area contributed by atoms with Gasteiger partial charge in [-0.15, -0.1) is 0 Å². The summed E-state index contributed by atoms with van der Waals surface area (Å²) in [5.41, 5.74) is 2.09. The molecule has 212 valence electrons. The first-order valence-electron chi connectivity index (χ1n) is 13.5. The number of hydrogen-bond donors (Lipinski definition) is 2. The van der Waals surface area contributed by atoms with Crippen LogP contribution in [0.2, 0.25) is 0 Å². The van der Waals surface area contributed by atoms with Crippen LogP contribution in [0.15, 0.2) is 30.6 Å². The molecule has 1 aromatic carbocycles. The van der Waals surface area contributed by atoms with Crippen molar-refractivity contribution < 1.29 is 23.8 Å². The molecule has 12 heteroatoms. The SMILES string of the molecule is COc1ccc(-c2nc(NC(=O)c3cnc(N4CCC(C(=O)O)CC4)cn3)sc2CN2CCCCC2)cc1CF. The van der Waals surface area contributed by atoms with Crippen LogP contribution < -0.4 is 15.0 Å². The van der Waals surface area contributed by atoms with Crippen LogP contribution in [0.1, 0.15) is 53.0 Å². The highest BCUT2D eigenvalue weighted by atomic mass is 32.1. The van der Waals surface area contributed by atoms with Gasteiger partial charge in [0, 0.05) is 35.6 Å². The number of nitrogens with zero attached hydrogens (tertiary/aromatic N) is 5. The van der Waals surface area contributed by atoms with E-state index in [0.717, 1.165) is 42.1 Å². The Kier molecular flexibility index (Phi) is 8.85. The number of carbonyl (C=O) groups excluding carboxylic acids is 1. The third-order valence-corrected chi connectivity index (χ3v) is 8.43. The number of carbonyl (C=O) groups is 2. The van der Waals surface area contributed by atoms with E-state index in [9.17, 15) is 19.1 Å². The van der Waals surface area contributed by atoms with Gasteiger partial charge < -0.3 is 14.7 Å². The molecule has 10 nitrogen and oxygen atoms in total. The fraction of sp³-hybridized carbons (Fsp3) is 0.464. The summed E-state index contributed by atoms with van der Waals surface area (Å²) in [7, 11) is 1.52. The molecule has 0 bridgehead atoms. The number of piperidine rings is 2. The van der Waals surface area contributed by atoms with Gasteiger partial charge in [0.2, 0.25) is 0 Å². The van der Waals surface area contributed by atoms with Crippen molar-refractivity contribution in [3.63, 3.8) is 0 Å². The number of likely N-dealkylation sites (tertiary alicyclic amines) is 1. The topological polar surface area (TPSA) is 121 Å². The standard InChI is InChI=1S/C28H33FN6O4S/c1-39-22-6-5-19(13-20(22)14-29)25-23(17-34-9-3-2-4-10-34)40-28(32-25)33-26(36)21-15-31-24(16-30-21)35-11-7-18(8-12-35)27(37)38/h5-6,13,15-16,18H,2-4,7-12,14,17H2,1H3,(H,37,38)(H,32,33,36). The molecule has 2 aliphatic rings. The van der Waals surface area contributed by atoms with Crippen molar-refractivity contribution in [2.24, 2.45) is 5.92 Å². The fourth-order valence-electron chi connectivity index (χ4n) is 5.21. The average Bonchev–Trinajstić information content (AvgIpc) is 3.39. The quantitative estimate of drug-likeness (QED) is 0.381. The van der Waals surface area contributed by atoms with Gasteiger partial charge in [0.25, 0.3) is 5.91 Å². The molecule has 0 spiro atoms. The molecule has 4 heterocycles. The number of nitrogens with one attached hydrogen (secondary N) is 1. The maximum atomic E-state index is 13.7. The largest absolute Gasteiger partial charge is 0.496 e. The third-order valence-electron chi connectivity index (χ3n) is 7.47. The molecule has 0 saturated carbocycles. The lowest BCUT2D eigenvalue weighted by Gasteiger charge is -2.30. The summed E-state index contributed by atoms with van der Waals surface area (Å²) < 4.78 is 19.0. The van der Waals surface area contributed by atoms with E-state index < -0.39 is 18.6 Å². The number of carboxylic acids is 1. The number of rotatable bonds is 9. The van der Waals surface area contributed by atoms with Crippen molar-refractivity contribution in [1.29, 1.82) is 0 Å². The van der Waals surface area contributed by atoms with Gasteiger partial charge in [0.15, 0.2) is 5.13 Å². The Morgan fingerprint density at radius 1 is 1.12 bits per heavy atom. The van der Waals surface area contributed by atoms with Crippen molar-refractivity contribution in [3.05, 3.63) is 46.7 Å². The monoisotopic (exact) mass is 568 g/mol. The number of thiazole rings is 1. The van der Waals surface area contributed by atoms with Crippen LogP contribution >= 0.6 is 11.3 Å². The van der Waals surface area contributed by atoms with E-state index in [1.54, 1.807) is 18.3 Å². The van der Waals surface area contributed by atoms with Gasteiger partial charge in [-0.3, -0.25) is 19.8 Å². The molecule has 2 aromatic heterocycles. The van der Waals surface area contributed by atoms with Crippen molar-refractivity contribution in [1.82, 2.24) is 19.9 Å². The van der Waals surface area contributed by atoms with Crippen LogP contribution in [0.4, 0.5) is 15.3 Å². The number of aliphatic carboxylic acids is 1. The molecule has 1 amide bonds. The van der Waals surface area contributed by atoms with E-state index in [-0.39, 0.29) is 11.6 Å². The minimum Gasteiger partial charge on any atom is -0.496 e. The van der Waals surface area contributed by atoms with Crippen LogP contribution in [-0.2, 0) is 18.0 Å². The summed E-state index contributed by atoms with van der Waals surface area (Å²) in [6, 6.07) is 5.36. The first-order chi connectivity index (χ1) is 19.4.